The Hall–Kier alpha value is -3.21. The molecule has 8 nitrogen and oxygen atoms in total. The number of rotatable bonds is 5. The van der Waals surface area contributed by atoms with Crippen molar-refractivity contribution in [2.75, 3.05) is 13.7 Å². The fraction of sp³-hybridized carbons (Fsp3) is 0.476. The van der Waals surface area contributed by atoms with Crippen molar-refractivity contribution in [3.8, 4) is 6.07 Å². The van der Waals surface area contributed by atoms with Crippen LogP contribution in [-0.4, -0.2) is 58.7 Å². The van der Waals surface area contributed by atoms with Crippen molar-refractivity contribution in [1.82, 2.24) is 9.80 Å². The number of hydrogen-bond donors (Lipinski definition) is 0. The molecule has 0 radical (unpaired) electrons. The first kappa shape index (κ1) is 20.5. The van der Waals surface area contributed by atoms with E-state index in [-0.39, 0.29) is 11.1 Å². The molecule has 0 saturated heterocycles. The molecule has 29 heavy (non-hydrogen) atoms. The highest BCUT2D eigenvalue weighted by Crippen LogP contribution is 2.32. The van der Waals surface area contributed by atoms with E-state index in [9.17, 15) is 24.4 Å². The molecule has 1 aliphatic carbocycles. The Morgan fingerprint density at radius 2 is 1.72 bits per heavy atom. The lowest BCUT2D eigenvalue weighted by Crippen LogP contribution is -2.51. The van der Waals surface area contributed by atoms with Crippen molar-refractivity contribution in [2.45, 2.75) is 50.6 Å². The Morgan fingerprint density at radius 3 is 2.24 bits per heavy atom. The van der Waals surface area contributed by atoms with Gasteiger partial charge in [0.15, 0.2) is 6.61 Å². The molecule has 0 bridgehead atoms. The minimum Gasteiger partial charge on any atom is -0.454 e. The quantitative estimate of drug-likeness (QED) is 0.555. The van der Waals surface area contributed by atoms with Crippen molar-refractivity contribution in [1.29, 1.82) is 5.26 Å². The number of imide groups is 1. The normalized spacial score (nSPS) is 18.6. The minimum atomic E-state index is -1.17. The summed E-state index contributed by atoms with van der Waals surface area (Å²) in [4.78, 5) is 52.1. The zero-order valence-corrected chi connectivity index (χ0v) is 16.5. The first-order chi connectivity index (χ1) is 13.8. The zero-order valence-electron chi connectivity index (χ0n) is 16.5. The maximum Gasteiger partial charge on any atom is 0.329 e. The number of hydrogen-bond acceptors (Lipinski definition) is 6. The van der Waals surface area contributed by atoms with E-state index in [2.05, 4.69) is 6.07 Å². The van der Waals surface area contributed by atoms with Crippen LogP contribution in [0, 0.1) is 11.3 Å². The lowest BCUT2D eigenvalue weighted by atomic mass is 9.81. The van der Waals surface area contributed by atoms with Gasteiger partial charge in [0.1, 0.15) is 11.6 Å². The van der Waals surface area contributed by atoms with Crippen LogP contribution in [0.5, 0.6) is 0 Å². The van der Waals surface area contributed by atoms with E-state index in [1.54, 1.807) is 12.1 Å². The van der Waals surface area contributed by atoms with E-state index < -0.39 is 41.9 Å². The van der Waals surface area contributed by atoms with Crippen LogP contribution in [0.2, 0.25) is 0 Å². The molecule has 1 aromatic carbocycles. The number of benzene rings is 1. The molecule has 1 fully saturated rings. The van der Waals surface area contributed by atoms with Crippen LogP contribution in [-0.2, 0) is 14.3 Å². The average molecular weight is 397 g/mol. The van der Waals surface area contributed by atoms with Gasteiger partial charge in [-0.1, -0.05) is 31.4 Å². The van der Waals surface area contributed by atoms with E-state index in [0.29, 0.717) is 12.8 Å². The van der Waals surface area contributed by atoms with Crippen molar-refractivity contribution in [2.24, 2.45) is 0 Å². The van der Waals surface area contributed by atoms with E-state index in [1.165, 1.54) is 31.0 Å². The average Bonchev–Trinajstić information content (AvgIpc) is 3.01. The predicted octanol–water partition coefficient (Wildman–Crippen LogP) is 1.90. The molecular weight excluding hydrogens is 374 g/mol. The van der Waals surface area contributed by atoms with Gasteiger partial charge in [0, 0.05) is 7.05 Å². The van der Waals surface area contributed by atoms with Crippen LogP contribution >= 0.6 is 0 Å². The summed E-state index contributed by atoms with van der Waals surface area (Å²) >= 11 is 0. The van der Waals surface area contributed by atoms with E-state index in [0.717, 1.165) is 24.2 Å². The van der Waals surface area contributed by atoms with E-state index >= 15 is 0 Å². The SMILES string of the molecule is CC(C(=O)OCC(=O)N(C)C1(C#N)CCCCC1)N1C(=O)c2ccccc2C1=O. The maximum atomic E-state index is 12.5. The monoisotopic (exact) mass is 397 g/mol. The lowest BCUT2D eigenvalue weighted by Gasteiger charge is -2.38. The third-order valence-corrected chi connectivity index (χ3v) is 5.80. The van der Waals surface area contributed by atoms with Gasteiger partial charge in [0.25, 0.3) is 17.7 Å². The number of carbonyl (C=O) groups is 4. The number of nitriles is 1. The Bertz CT molecular complexity index is 863. The summed E-state index contributed by atoms with van der Waals surface area (Å²) < 4.78 is 5.09. The highest BCUT2D eigenvalue weighted by molar-refractivity contribution is 6.22. The number of ether oxygens (including phenoxy) is 1. The predicted molar refractivity (Wildman–Crippen MR) is 102 cm³/mol. The summed E-state index contributed by atoms with van der Waals surface area (Å²) in [7, 11) is 1.54. The standard InChI is InChI=1S/C21H23N3O5/c1-14(24-18(26)15-8-4-5-9-16(15)19(24)27)20(28)29-12-17(25)23(2)21(13-22)10-6-3-7-11-21/h4-5,8-9,14H,3,6-7,10-12H2,1-2H3. The fourth-order valence-electron chi connectivity index (χ4n) is 3.91. The number of fused-ring (bicyclic) bond motifs is 1. The van der Waals surface area contributed by atoms with Crippen molar-refractivity contribution >= 4 is 23.7 Å². The summed E-state index contributed by atoms with van der Waals surface area (Å²) in [6.07, 6.45) is 3.93. The molecule has 1 saturated carbocycles. The molecule has 8 heteroatoms. The summed E-state index contributed by atoms with van der Waals surface area (Å²) in [6, 6.07) is 7.41. The number of carbonyl (C=O) groups excluding carboxylic acids is 4. The van der Waals surface area contributed by atoms with Crippen LogP contribution in [0.1, 0.15) is 59.7 Å². The summed E-state index contributed by atoms with van der Waals surface area (Å²) in [5, 5.41) is 9.58. The smallest absolute Gasteiger partial charge is 0.329 e. The highest BCUT2D eigenvalue weighted by Gasteiger charge is 2.42. The van der Waals surface area contributed by atoms with Crippen LogP contribution in [0.15, 0.2) is 24.3 Å². The Morgan fingerprint density at radius 1 is 1.17 bits per heavy atom. The van der Waals surface area contributed by atoms with Gasteiger partial charge in [-0.3, -0.25) is 19.3 Å². The third-order valence-electron chi connectivity index (χ3n) is 5.80. The van der Waals surface area contributed by atoms with Gasteiger partial charge >= 0.3 is 5.97 Å². The minimum absolute atomic E-state index is 0.237. The topological polar surface area (TPSA) is 108 Å². The first-order valence-corrected chi connectivity index (χ1v) is 9.64. The molecule has 3 amide bonds. The largest absolute Gasteiger partial charge is 0.454 e. The van der Waals surface area contributed by atoms with Crippen molar-refractivity contribution in [3.63, 3.8) is 0 Å². The van der Waals surface area contributed by atoms with Gasteiger partial charge in [-0.25, -0.2) is 4.79 Å². The molecule has 0 aromatic heterocycles. The summed E-state index contributed by atoms with van der Waals surface area (Å²) in [5.41, 5.74) is -0.405. The Balaban J connectivity index is 1.62. The second-order valence-electron chi connectivity index (χ2n) is 7.47. The molecule has 0 N–H and O–H groups in total. The second kappa shape index (κ2) is 8.03. The van der Waals surface area contributed by atoms with Crippen LogP contribution in [0.4, 0.5) is 0 Å². The molecule has 1 atom stereocenters. The second-order valence-corrected chi connectivity index (χ2v) is 7.47. The van der Waals surface area contributed by atoms with Gasteiger partial charge in [0.2, 0.25) is 0 Å². The molecule has 3 rings (SSSR count). The highest BCUT2D eigenvalue weighted by atomic mass is 16.5. The van der Waals surface area contributed by atoms with Gasteiger partial charge in [-0.2, -0.15) is 5.26 Å². The maximum absolute atomic E-state index is 12.5. The van der Waals surface area contributed by atoms with Gasteiger partial charge in [0.05, 0.1) is 17.2 Å². The molecule has 2 aliphatic rings. The molecule has 0 spiro atoms. The lowest BCUT2D eigenvalue weighted by molar-refractivity contribution is -0.156. The van der Waals surface area contributed by atoms with E-state index in [1.807, 2.05) is 0 Å². The first-order valence-electron chi connectivity index (χ1n) is 9.64. The van der Waals surface area contributed by atoms with Crippen LogP contribution in [0.25, 0.3) is 0 Å². The van der Waals surface area contributed by atoms with Crippen molar-refractivity contribution < 1.29 is 23.9 Å². The molecule has 1 heterocycles. The number of likely N-dealkylation sites (N-methyl/N-ethyl adjacent to an activating group) is 1. The molecule has 1 aromatic rings. The Labute approximate surface area is 169 Å². The van der Waals surface area contributed by atoms with Gasteiger partial charge in [-0.15, -0.1) is 0 Å². The molecule has 1 unspecified atom stereocenters. The Kier molecular flexibility index (Phi) is 5.69. The van der Waals surface area contributed by atoms with Crippen LogP contribution < -0.4 is 0 Å². The van der Waals surface area contributed by atoms with Crippen molar-refractivity contribution in [3.05, 3.63) is 35.4 Å². The summed E-state index contributed by atoms with van der Waals surface area (Å²) in [6.45, 7) is 0.836. The number of nitrogens with zero attached hydrogens (tertiary/aromatic N) is 3. The molecule has 1 aliphatic heterocycles. The number of esters is 1. The summed E-state index contributed by atoms with van der Waals surface area (Å²) in [5.74, 6) is -2.47. The van der Waals surface area contributed by atoms with Gasteiger partial charge < -0.3 is 9.64 Å². The zero-order chi connectivity index (χ0) is 21.2. The van der Waals surface area contributed by atoms with Gasteiger partial charge in [-0.05, 0) is 31.9 Å². The third kappa shape index (κ3) is 3.60. The van der Waals surface area contributed by atoms with E-state index in [4.69, 9.17) is 4.74 Å². The fourth-order valence-corrected chi connectivity index (χ4v) is 3.91. The van der Waals surface area contributed by atoms with Crippen LogP contribution in [0.3, 0.4) is 0 Å². The number of amides is 3. The molecule has 152 valence electrons. The molecular formula is C21H23N3O5.